The molecule has 1 aliphatic heterocycles. The number of amides is 1. The Morgan fingerprint density at radius 2 is 2.09 bits per heavy atom. The second kappa shape index (κ2) is 8.83. The van der Waals surface area contributed by atoms with Gasteiger partial charge in [0.2, 0.25) is 5.95 Å². The van der Waals surface area contributed by atoms with Gasteiger partial charge in [-0.1, -0.05) is 6.42 Å². The maximum atomic E-state index is 12.2. The molecule has 2 saturated carbocycles. The van der Waals surface area contributed by atoms with Gasteiger partial charge in [-0.2, -0.15) is 10.1 Å². The predicted molar refractivity (Wildman–Crippen MR) is 127 cm³/mol. The second-order valence-electron chi connectivity index (χ2n) is 10.7. The lowest BCUT2D eigenvalue weighted by Crippen LogP contribution is -2.53. The molecule has 0 radical (unpaired) electrons. The summed E-state index contributed by atoms with van der Waals surface area (Å²) >= 11 is 0. The highest BCUT2D eigenvalue weighted by molar-refractivity contribution is 5.67. The highest BCUT2D eigenvalue weighted by Crippen LogP contribution is 2.40. The Morgan fingerprint density at radius 1 is 1.24 bits per heavy atom. The van der Waals surface area contributed by atoms with E-state index in [1.807, 2.05) is 33.0 Å². The monoisotopic (exact) mass is 453 g/mol. The van der Waals surface area contributed by atoms with Crippen LogP contribution in [0.2, 0.25) is 0 Å². The van der Waals surface area contributed by atoms with E-state index in [-0.39, 0.29) is 6.09 Å². The number of nitrogens with one attached hydrogen (secondary N) is 3. The summed E-state index contributed by atoms with van der Waals surface area (Å²) in [7, 11) is 0. The lowest BCUT2D eigenvalue weighted by molar-refractivity contribution is 0.0503. The first-order chi connectivity index (χ1) is 15.8. The van der Waals surface area contributed by atoms with Crippen molar-refractivity contribution in [3.05, 3.63) is 24.0 Å². The average molecular weight is 454 g/mol. The van der Waals surface area contributed by atoms with Crippen molar-refractivity contribution in [3.63, 3.8) is 0 Å². The van der Waals surface area contributed by atoms with E-state index >= 15 is 0 Å². The van der Waals surface area contributed by atoms with Crippen LogP contribution >= 0.6 is 0 Å². The van der Waals surface area contributed by atoms with Crippen LogP contribution in [-0.4, -0.2) is 51.0 Å². The number of carbonyl (C=O) groups is 1. The number of carbonyl (C=O) groups excluding carboxylic acids is 1. The molecule has 2 aromatic heterocycles. The molecule has 2 aliphatic carbocycles. The second-order valence-corrected chi connectivity index (χ2v) is 10.7. The summed E-state index contributed by atoms with van der Waals surface area (Å²) < 4.78 is 5.43. The third kappa shape index (κ3) is 5.39. The molecule has 3 unspecified atom stereocenters. The first-order valence-corrected chi connectivity index (χ1v) is 12.2. The number of anilines is 3. The summed E-state index contributed by atoms with van der Waals surface area (Å²) in [5.41, 5.74) is 0.699. The highest BCUT2D eigenvalue weighted by atomic mass is 16.6. The third-order valence-corrected chi connectivity index (χ3v) is 6.90. The van der Waals surface area contributed by atoms with Gasteiger partial charge in [-0.15, -0.1) is 0 Å². The van der Waals surface area contributed by atoms with E-state index in [2.05, 4.69) is 36.8 Å². The fourth-order valence-corrected chi connectivity index (χ4v) is 5.16. The molecule has 3 N–H and O–H groups in total. The maximum Gasteiger partial charge on any atom is 0.407 e. The minimum absolute atomic E-state index is 0.348. The Balaban J connectivity index is 1.26. The summed E-state index contributed by atoms with van der Waals surface area (Å²) in [5.74, 6) is 3.87. The van der Waals surface area contributed by atoms with E-state index in [1.54, 1.807) is 0 Å². The summed E-state index contributed by atoms with van der Waals surface area (Å²) in [5, 5.41) is 13.8. The van der Waals surface area contributed by atoms with Crippen LogP contribution in [0.1, 0.15) is 70.9 Å². The zero-order chi connectivity index (χ0) is 23.0. The average Bonchev–Trinajstić information content (AvgIpc) is 3.52. The van der Waals surface area contributed by atoms with Gasteiger partial charge in [-0.05, 0) is 70.8 Å². The lowest BCUT2D eigenvalue weighted by Gasteiger charge is -2.47. The van der Waals surface area contributed by atoms with E-state index in [4.69, 9.17) is 9.72 Å². The molecule has 9 nitrogen and oxygen atoms in total. The third-order valence-electron chi connectivity index (χ3n) is 6.90. The number of fused-ring (bicyclic) bond motifs is 2. The van der Waals surface area contributed by atoms with Gasteiger partial charge in [0, 0.05) is 43.0 Å². The molecule has 1 amide bonds. The number of aromatic nitrogens is 4. The molecule has 9 heteroatoms. The predicted octanol–water partition coefficient (Wildman–Crippen LogP) is 4.34. The fraction of sp³-hybridized carbons (Fsp3) is 0.667. The number of H-pyrrole nitrogens is 1. The molecule has 0 spiro atoms. The van der Waals surface area contributed by atoms with Gasteiger partial charge in [0.25, 0.3) is 0 Å². The SMILES string of the molecule is CC(C)(C)OC(=O)NCC1CN(c2nccc(Nc3cc(C4CC4)[nH]n3)n2)C2CCCC1C2. The number of alkyl carbamates (subject to hydrolysis) is 1. The highest BCUT2D eigenvalue weighted by Gasteiger charge is 2.39. The van der Waals surface area contributed by atoms with E-state index in [1.165, 1.54) is 31.4 Å². The molecule has 1 saturated heterocycles. The quantitative estimate of drug-likeness (QED) is 0.597. The van der Waals surface area contributed by atoms with Crippen LogP contribution in [-0.2, 0) is 4.74 Å². The Morgan fingerprint density at radius 3 is 2.88 bits per heavy atom. The van der Waals surface area contributed by atoms with Crippen molar-refractivity contribution in [2.24, 2.45) is 11.8 Å². The fourth-order valence-electron chi connectivity index (χ4n) is 5.16. The molecular formula is C24H35N7O2. The molecular weight excluding hydrogens is 418 g/mol. The number of nitrogens with zero attached hydrogens (tertiary/aromatic N) is 4. The molecule has 178 valence electrons. The smallest absolute Gasteiger partial charge is 0.407 e. The van der Waals surface area contributed by atoms with Crippen LogP contribution in [0.4, 0.5) is 22.4 Å². The molecule has 3 fully saturated rings. The van der Waals surface area contributed by atoms with Crippen LogP contribution < -0.4 is 15.5 Å². The van der Waals surface area contributed by atoms with Gasteiger partial charge in [0.15, 0.2) is 5.82 Å². The minimum Gasteiger partial charge on any atom is -0.444 e. The van der Waals surface area contributed by atoms with Gasteiger partial charge < -0.3 is 20.3 Å². The van der Waals surface area contributed by atoms with Crippen molar-refractivity contribution in [1.82, 2.24) is 25.5 Å². The standard InChI is InChI=1S/C24H35N7O2/c1-24(2,3)33-23(32)26-13-17-14-31(18-6-4-5-16(17)11-18)22-25-10-9-20(28-22)27-21-12-19(29-30-21)15-7-8-15/h9-10,12,15-18H,4-8,11,13-14H2,1-3H3,(H,26,32)(H2,25,27,28,29,30). The molecule has 2 bridgehead atoms. The van der Waals surface area contributed by atoms with Crippen molar-refractivity contribution in [1.29, 1.82) is 0 Å². The van der Waals surface area contributed by atoms with Crippen molar-refractivity contribution < 1.29 is 9.53 Å². The Labute approximate surface area is 195 Å². The Kier molecular flexibility index (Phi) is 5.88. The normalized spacial score (nSPS) is 24.9. The van der Waals surface area contributed by atoms with Crippen molar-refractivity contribution in [2.45, 2.75) is 76.9 Å². The minimum atomic E-state index is -0.492. The van der Waals surface area contributed by atoms with Gasteiger partial charge in [0.05, 0.1) is 0 Å². The Bertz CT molecular complexity index is 981. The molecule has 3 heterocycles. The topological polar surface area (TPSA) is 108 Å². The van der Waals surface area contributed by atoms with E-state index in [9.17, 15) is 4.79 Å². The number of ether oxygens (including phenoxy) is 1. The molecule has 5 rings (SSSR count). The van der Waals surface area contributed by atoms with Gasteiger partial charge in [-0.3, -0.25) is 5.10 Å². The molecule has 2 aromatic rings. The van der Waals surface area contributed by atoms with E-state index < -0.39 is 5.60 Å². The summed E-state index contributed by atoms with van der Waals surface area (Å²) in [6, 6.07) is 4.40. The first kappa shape index (κ1) is 22.0. The van der Waals surface area contributed by atoms with Gasteiger partial charge in [-0.25, -0.2) is 9.78 Å². The number of hydrogen-bond acceptors (Lipinski definition) is 7. The first-order valence-electron chi connectivity index (χ1n) is 12.2. The number of aromatic amines is 1. The van der Waals surface area contributed by atoms with Gasteiger partial charge in [0.1, 0.15) is 11.4 Å². The summed E-state index contributed by atoms with van der Waals surface area (Å²) in [6.07, 6.45) is 8.63. The number of rotatable bonds is 6. The lowest BCUT2D eigenvalue weighted by atomic mass is 9.73. The molecule has 33 heavy (non-hydrogen) atoms. The number of hydrogen-bond donors (Lipinski definition) is 3. The van der Waals surface area contributed by atoms with Crippen LogP contribution in [0, 0.1) is 11.8 Å². The van der Waals surface area contributed by atoms with Crippen LogP contribution in [0.15, 0.2) is 18.3 Å². The largest absolute Gasteiger partial charge is 0.444 e. The van der Waals surface area contributed by atoms with Gasteiger partial charge >= 0.3 is 6.09 Å². The summed E-state index contributed by atoms with van der Waals surface area (Å²) in [6.45, 7) is 7.10. The van der Waals surface area contributed by atoms with Crippen LogP contribution in [0.25, 0.3) is 0 Å². The molecule has 0 aromatic carbocycles. The maximum absolute atomic E-state index is 12.2. The van der Waals surface area contributed by atoms with Crippen molar-refractivity contribution in [3.8, 4) is 0 Å². The number of piperidine rings is 1. The zero-order valence-electron chi connectivity index (χ0n) is 19.8. The molecule has 3 aliphatic rings. The van der Waals surface area contributed by atoms with E-state index in [0.29, 0.717) is 30.3 Å². The zero-order valence-corrected chi connectivity index (χ0v) is 19.8. The van der Waals surface area contributed by atoms with Crippen LogP contribution in [0.3, 0.4) is 0 Å². The van der Waals surface area contributed by atoms with E-state index in [0.717, 1.165) is 37.0 Å². The Hall–Kier alpha value is -2.84. The van der Waals surface area contributed by atoms with Crippen molar-refractivity contribution >= 4 is 23.7 Å². The molecule has 3 atom stereocenters. The van der Waals surface area contributed by atoms with Crippen LogP contribution in [0.5, 0.6) is 0 Å². The van der Waals surface area contributed by atoms with Crippen molar-refractivity contribution in [2.75, 3.05) is 23.3 Å². The summed E-state index contributed by atoms with van der Waals surface area (Å²) in [4.78, 5) is 24.0.